The molecule has 0 aromatic carbocycles. The summed E-state index contributed by atoms with van der Waals surface area (Å²) in [6, 6.07) is 3.85. The van der Waals surface area contributed by atoms with Crippen molar-refractivity contribution in [3.05, 3.63) is 22.4 Å². The van der Waals surface area contributed by atoms with Crippen molar-refractivity contribution in [1.82, 2.24) is 10.6 Å². The number of amides is 1. The van der Waals surface area contributed by atoms with E-state index in [2.05, 4.69) is 16.6 Å². The van der Waals surface area contributed by atoms with Crippen molar-refractivity contribution in [3.8, 4) is 12.3 Å². The van der Waals surface area contributed by atoms with Crippen LogP contribution in [0.1, 0.15) is 36.6 Å². The lowest BCUT2D eigenvalue weighted by molar-refractivity contribution is -0.124. The smallest absolute Gasteiger partial charge is 0.242 e. The van der Waals surface area contributed by atoms with Gasteiger partial charge < -0.3 is 10.1 Å². The maximum absolute atomic E-state index is 12.4. The van der Waals surface area contributed by atoms with E-state index in [-0.39, 0.29) is 25.3 Å². The van der Waals surface area contributed by atoms with Gasteiger partial charge >= 0.3 is 0 Å². The number of rotatable bonds is 7. The topological polar surface area (TPSA) is 50.4 Å². The fourth-order valence-electron chi connectivity index (χ4n) is 2.38. The van der Waals surface area contributed by atoms with Crippen molar-refractivity contribution < 1.29 is 9.53 Å². The molecule has 0 saturated heterocycles. The predicted molar refractivity (Wildman–Crippen MR) is 80.2 cm³/mol. The maximum Gasteiger partial charge on any atom is 0.242 e. The zero-order valence-electron chi connectivity index (χ0n) is 11.4. The van der Waals surface area contributed by atoms with Crippen molar-refractivity contribution in [2.24, 2.45) is 0 Å². The molecule has 1 aliphatic rings. The molecule has 0 aliphatic heterocycles. The van der Waals surface area contributed by atoms with Crippen LogP contribution in [0.5, 0.6) is 0 Å². The molecule has 0 radical (unpaired) electrons. The molecule has 1 saturated carbocycles. The van der Waals surface area contributed by atoms with Gasteiger partial charge in [-0.15, -0.1) is 17.8 Å². The van der Waals surface area contributed by atoms with E-state index in [9.17, 15) is 4.79 Å². The third kappa shape index (κ3) is 4.34. The van der Waals surface area contributed by atoms with E-state index in [0.717, 1.165) is 17.7 Å². The van der Waals surface area contributed by atoms with Gasteiger partial charge in [-0.2, -0.15) is 0 Å². The first-order chi connectivity index (χ1) is 9.81. The van der Waals surface area contributed by atoms with Gasteiger partial charge in [0.25, 0.3) is 0 Å². The van der Waals surface area contributed by atoms with Crippen LogP contribution in [0.3, 0.4) is 0 Å². The van der Waals surface area contributed by atoms with Crippen LogP contribution >= 0.6 is 11.3 Å². The van der Waals surface area contributed by atoms with E-state index in [1.165, 1.54) is 12.8 Å². The first-order valence-corrected chi connectivity index (χ1v) is 7.77. The fraction of sp³-hybridized carbons (Fsp3) is 0.533. The highest BCUT2D eigenvalue weighted by Gasteiger charge is 2.25. The number of nitrogens with one attached hydrogen (secondary N) is 2. The van der Waals surface area contributed by atoms with Crippen molar-refractivity contribution in [3.63, 3.8) is 0 Å². The normalized spacial score (nSPS) is 16.8. The first kappa shape index (κ1) is 15.0. The standard InChI is InChI=1S/C15H20N2O2S/c1-2-9-19-11-16-14(13-8-5-10-20-13)15(18)17-12-6-3-4-7-12/h1,5,8,10,12,14,16H,3-4,6-7,9,11H2,(H,17,18). The van der Waals surface area contributed by atoms with Gasteiger partial charge in [-0.1, -0.05) is 24.8 Å². The average molecular weight is 292 g/mol. The summed E-state index contributed by atoms with van der Waals surface area (Å²) < 4.78 is 5.21. The molecule has 1 heterocycles. The van der Waals surface area contributed by atoms with Gasteiger partial charge in [-0.3, -0.25) is 10.1 Å². The van der Waals surface area contributed by atoms with E-state index in [4.69, 9.17) is 11.2 Å². The van der Waals surface area contributed by atoms with Crippen molar-refractivity contribution in [2.45, 2.75) is 37.8 Å². The van der Waals surface area contributed by atoms with Crippen molar-refractivity contribution >= 4 is 17.2 Å². The van der Waals surface area contributed by atoms with Crippen LogP contribution in [-0.4, -0.2) is 25.3 Å². The third-order valence-corrected chi connectivity index (χ3v) is 4.30. The minimum atomic E-state index is -0.367. The molecule has 1 aliphatic carbocycles. The lowest BCUT2D eigenvalue weighted by atomic mass is 10.2. The monoisotopic (exact) mass is 292 g/mol. The summed E-state index contributed by atoms with van der Waals surface area (Å²) in [5, 5.41) is 8.20. The lowest BCUT2D eigenvalue weighted by Crippen LogP contribution is -2.42. The molecular formula is C15H20N2O2S. The molecule has 1 amide bonds. The second kappa shape index (κ2) is 8.05. The molecule has 1 unspecified atom stereocenters. The molecule has 0 spiro atoms. The van der Waals surface area contributed by atoms with Crippen LogP contribution in [0.2, 0.25) is 0 Å². The Morgan fingerprint density at radius 1 is 1.55 bits per heavy atom. The van der Waals surface area contributed by atoms with E-state index in [1.807, 2.05) is 17.5 Å². The summed E-state index contributed by atoms with van der Waals surface area (Å²) in [6.07, 6.45) is 9.69. The van der Waals surface area contributed by atoms with Gasteiger partial charge in [-0.25, -0.2) is 0 Å². The maximum atomic E-state index is 12.4. The summed E-state index contributed by atoms with van der Waals surface area (Å²) in [7, 11) is 0. The summed E-state index contributed by atoms with van der Waals surface area (Å²) in [4.78, 5) is 13.4. The highest BCUT2D eigenvalue weighted by atomic mass is 32.1. The Morgan fingerprint density at radius 2 is 2.35 bits per heavy atom. The van der Waals surface area contributed by atoms with Crippen molar-refractivity contribution in [2.75, 3.05) is 13.3 Å². The Morgan fingerprint density at radius 3 is 3.00 bits per heavy atom. The predicted octanol–water partition coefficient (Wildman–Crippen LogP) is 2.04. The zero-order valence-corrected chi connectivity index (χ0v) is 12.2. The first-order valence-electron chi connectivity index (χ1n) is 6.89. The average Bonchev–Trinajstić information content (AvgIpc) is 3.11. The molecule has 1 aromatic heterocycles. The highest BCUT2D eigenvalue weighted by molar-refractivity contribution is 7.10. The van der Waals surface area contributed by atoms with Crippen LogP contribution in [0, 0.1) is 12.3 Å². The number of thiophene rings is 1. The number of hydrogen-bond acceptors (Lipinski definition) is 4. The number of carbonyl (C=O) groups is 1. The molecule has 1 aromatic rings. The molecular weight excluding hydrogens is 272 g/mol. The number of carbonyl (C=O) groups excluding carboxylic acids is 1. The van der Waals surface area contributed by atoms with E-state index >= 15 is 0 Å². The minimum absolute atomic E-state index is 0.0173. The van der Waals surface area contributed by atoms with E-state index in [1.54, 1.807) is 11.3 Å². The number of hydrogen-bond donors (Lipinski definition) is 2. The summed E-state index contributed by atoms with van der Waals surface area (Å²) in [5.74, 6) is 2.42. The van der Waals surface area contributed by atoms with E-state index < -0.39 is 0 Å². The summed E-state index contributed by atoms with van der Waals surface area (Å²) in [5.41, 5.74) is 0. The molecule has 1 fully saturated rings. The molecule has 2 N–H and O–H groups in total. The van der Waals surface area contributed by atoms with Crippen molar-refractivity contribution in [1.29, 1.82) is 0 Å². The van der Waals surface area contributed by atoms with Crippen LogP contribution in [-0.2, 0) is 9.53 Å². The Labute approximate surface area is 123 Å². The lowest BCUT2D eigenvalue weighted by Gasteiger charge is -2.20. The van der Waals surface area contributed by atoms with Crippen LogP contribution in [0.25, 0.3) is 0 Å². The van der Waals surface area contributed by atoms with Crippen LogP contribution in [0.15, 0.2) is 17.5 Å². The highest BCUT2D eigenvalue weighted by Crippen LogP contribution is 2.22. The van der Waals surface area contributed by atoms with Gasteiger partial charge in [-0.05, 0) is 24.3 Å². The van der Waals surface area contributed by atoms with Crippen LogP contribution < -0.4 is 10.6 Å². The minimum Gasteiger partial charge on any atom is -0.354 e. The van der Waals surface area contributed by atoms with Gasteiger partial charge in [0.05, 0.1) is 6.73 Å². The molecule has 5 heteroatoms. The Hall–Kier alpha value is -1.35. The van der Waals surface area contributed by atoms with Crippen LogP contribution in [0.4, 0.5) is 0 Å². The third-order valence-electron chi connectivity index (χ3n) is 3.37. The Balaban J connectivity index is 1.91. The Kier molecular flexibility index (Phi) is 6.06. The van der Waals surface area contributed by atoms with Gasteiger partial charge in [0.1, 0.15) is 12.6 Å². The van der Waals surface area contributed by atoms with Gasteiger partial charge in [0.15, 0.2) is 0 Å². The molecule has 20 heavy (non-hydrogen) atoms. The summed E-state index contributed by atoms with van der Waals surface area (Å²) >= 11 is 1.56. The molecule has 108 valence electrons. The molecule has 2 rings (SSSR count). The Bertz CT molecular complexity index is 447. The summed E-state index contributed by atoms with van der Waals surface area (Å²) in [6.45, 7) is 0.513. The second-order valence-electron chi connectivity index (χ2n) is 4.84. The second-order valence-corrected chi connectivity index (χ2v) is 5.82. The largest absolute Gasteiger partial charge is 0.354 e. The quantitative estimate of drug-likeness (QED) is 0.459. The number of ether oxygens (including phenoxy) is 1. The molecule has 0 bridgehead atoms. The molecule has 4 nitrogen and oxygen atoms in total. The SMILES string of the molecule is C#CCOCNC(C(=O)NC1CCCC1)c1cccs1. The van der Waals surface area contributed by atoms with Gasteiger partial charge in [0.2, 0.25) is 5.91 Å². The van der Waals surface area contributed by atoms with Gasteiger partial charge in [0, 0.05) is 10.9 Å². The molecule has 1 atom stereocenters. The van der Waals surface area contributed by atoms with E-state index in [0.29, 0.717) is 6.04 Å². The number of terminal acetylenes is 1. The zero-order chi connectivity index (χ0) is 14.2. The fourth-order valence-corrected chi connectivity index (χ4v) is 3.18.